The summed E-state index contributed by atoms with van der Waals surface area (Å²) in [5.41, 5.74) is 1.67. The molecule has 0 aliphatic heterocycles. The summed E-state index contributed by atoms with van der Waals surface area (Å²) in [4.78, 5) is 20.4. The Labute approximate surface area is 122 Å². The first kappa shape index (κ1) is 14.7. The van der Waals surface area contributed by atoms with E-state index in [4.69, 9.17) is 16.3 Å². The zero-order valence-electron chi connectivity index (χ0n) is 11.3. The highest BCUT2D eigenvalue weighted by Crippen LogP contribution is 2.15. The number of rotatable bonds is 7. The van der Waals surface area contributed by atoms with Crippen LogP contribution in [-0.2, 0) is 22.5 Å². The van der Waals surface area contributed by atoms with Crippen molar-refractivity contribution in [2.24, 2.45) is 0 Å². The number of hydrogen-bond donors (Lipinski definition) is 1. The van der Waals surface area contributed by atoms with Gasteiger partial charge in [0.25, 0.3) is 0 Å². The Hall–Kier alpha value is -1.66. The van der Waals surface area contributed by atoms with Crippen LogP contribution in [0.25, 0.3) is 11.0 Å². The van der Waals surface area contributed by atoms with E-state index in [1.54, 1.807) is 19.5 Å². The number of fused-ring (bicyclic) bond motifs is 1. The third kappa shape index (κ3) is 3.46. The van der Waals surface area contributed by atoms with Crippen molar-refractivity contribution in [3.63, 3.8) is 0 Å². The highest BCUT2D eigenvalue weighted by atomic mass is 35.5. The third-order valence-electron chi connectivity index (χ3n) is 2.88. The molecule has 2 heterocycles. The van der Waals surface area contributed by atoms with Gasteiger partial charge >= 0.3 is 0 Å². The first-order valence-electron chi connectivity index (χ1n) is 6.37. The van der Waals surface area contributed by atoms with Gasteiger partial charge in [0.2, 0.25) is 5.91 Å². The number of hydrogen-bond acceptors (Lipinski definition) is 4. The molecule has 6 nitrogen and oxygen atoms in total. The number of alkyl halides is 1. The number of carbonyl (C=O) groups excluding carboxylic acids is 1. The molecule has 0 unspecified atom stereocenters. The fraction of sp³-hybridized carbons (Fsp3) is 0.462. The van der Waals surface area contributed by atoms with Crippen LogP contribution in [0.5, 0.6) is 0 Å². The molecule has 0 aromatic carbocycles. The van der Waals surface area contributed by atoms with Crippen LogP contribution in [-0.4, -0.2) is 46.6 Å². The van der Waals surface area contributed by atoms with Gasteiger partial charge in [-0.25, -0.2) is 4.98 Å². The Morgan fingerprint density at radius 2 is 2.40 bits per heavy atom. The molecule has 0 aliphatic carbocycles. The quantitative estimate of drug-likeness (QED) is 0.611. The van der Waals surface area contributed by atoms with E-state index in [1.807, 2.05) is 10.6 Å². The van der Waals surface area contributed by atoms with Crippen molar-refractivity contribution < 1.29 is 9.53 Å². The Morgan fingerprint density at radius 1 is 1.55 bits per heavy atom. The number of halogens is 1. The van der Waals surface area contributed by atoms with Gasteiger partial charge in [0.1, 0.15) is 17.9 Å². The van der Waals surface area contributed by atoms with Gasteiger partial charge in [-0.2, -0.15) is 0 Å². The number of amides is 1. The standard InChI is InChI=1S/C13H17ClN4O2/c1-20-7-6-16-13(19)9-18-11-3-5-15-8-10(11)17-12(18)2-4-14/h3,5,8H,2,4,6-7,9H2,1H3,(H,16,19). The van der Waals surface area contributed by atoms with Crippen molar-refractivity contribution in [1.82, 2.24) is 19.9 Å². The normalized spacial score (nSPS) is 10.9. The topological polar surface area (TPSA) is 69.0 Å². The van der Waals surface area contributed by atoms with Crippen molar-refractivity contribution in [2.45, 2.75) is 13.0 Å². The zero-order chi connectivity index (χ0) is 14.4. The minimum absolute atomic E-state index is 0.0750. The summed E-state index contributed by atoms with van der Waals surface area (Å²) in [7, 11) is 1.60. The first-order valence-corrected chi connectivity index (χ1v) is 6.90. The van der Waals surface area contributed by atoms with Gasteiger partial charge in [-0.3, -0.25) is 9.78 Å². The molecule has 20 heavy (non-hydrogen) atoms. The molecule has 0 saturated heterocycles. The van der Waals surface area contributed by atoms with Gasteiger partial charge in [0, 0.05) is 32.2 Å². The Morgan fingerprint density at radius 3 is 3.15 bits per heavy atom. The van der Waals surface area contributed by atoms with E-state index in [0.29, 0.717) is 25.5 Å². The van der Waals surface area contributed by atoms with E-state index in [1.165, 1.54) is 0 Å². The molecular formula is C13H17ClN4O2. The first-order chi connectivity index (χ1) is 9.76. The van der Waals surface area contributed by atoms with Crippen LogP contribution in [0, 0.1) is 0 Å². The molecule has 2 rings (SSSR count). The molecule has 0 saturated carbocycles. The molecule has 7 heteroatoms. The van der Waals surface area contributed by atoms with Gasteiger partial charge in [0.05, 0.1) is 18.3 Å². The molecule has 1 amide bonds. The maximum atomic E-state index is 11.9. The lowest BCUT2D eigenvalue weighted by atomic mass is 10.4. The fourth-order valence-electron chi connectivity index (χ4n) is 1.98. The number of ether oxygens (including phenoxy) is 1. The molecule has 0 radical (unpaired) electrons. The molecule has 2 aromatic rings. The molecule has 1 N–H and O–H groups in total. The predicted octanol–water partition coefficient (Wildman–Crippen LogP) is 0.975. The minimum Gasteiger partial charge on any atom is -0.383 e. The lowest BCUT2D eigenvalue weighted by Gasteiger charge is -2.09. The number of nitrogens with one attached hydrogen (secondary N) is 1. The average molecular weight is 297 g/mol. The number of aryl methyl sites for hydroxylation is 1. The van der Waals surface area contributed by atoms with Crippen molar-refractivity contribution in [3.8, 4) is 0 Å². The van der Waals surface area contributed by atoms with Crippen LogP contribution in [0.2, 0.25) is 0 Å². The number of imidazole rings is 1. The Kier molecular flexibility index (Phi) is 5.31. The highest BCUT2D eigenvalue weighted by molar-refractivity contribution is 6.17. The smallest absolute Gasteiger partial charge is 0.240 e. The van der Waals surface area contributed by atoms with E-state index in [2.05, 4.69) is 15.3 Å². The number of methoxy groups -OCH3 is 1. The average Bonchev–Trinajstić information content (AvgIpc) is 2.78. The SMILES string of the molecule is COCCNC(=O)Cn1c(CCCl)nc2cnccc21. The number of carbonyl (C=O) groups is 1. The van der Waals surface area contributed by atoms with E-state index in [-0.39, 0.29) is 12.5 Å². The van der Waals surface area contributed by atoms with E-state index < -0.39 is 0 Å². The molecule has 108 valence electrons. The van der Waals surface area contributed by atoms with Gasteiger partial charge in [-0.1, -0.05) is 0 Å². The monoisotopic (exact) mass is 296 g/mol. The van der Waals surface area contributed by atoms with Crippen LogP contribution in [0.4, 0.5) is 0 Å². The number of nitrogens with zero attached hydrogens (tertiary/aromatic N) is 3. The number of aromatic nitrogens is 3. The Bertz CT molecular complexity index is 585. The van der Waals surface area contributed by atoms with E-state index in [0.717, 1.165) is 16.9 Å². The number of pyridine rings is 1. The zero-order valence-corrected chi connectivity index (χ0v) is 12.1. The maximum Gasteiger partial charge on any atom is 0.240 e. The molecule has 2 aromatic heterocycles. The summed E-state index contributed by atoms with van der Waals surface area (Å²) < 4.78 is 6.78. The summed E-state index contributed by atoms with van der Waals surface area (Å²) in [5, 5.41) is 2.79. The fourth-order valence-corrected chi connectivity index (χ4v) is 2.14. The second-order valence-corrected chi connectivity index (χ2v) is 4.64. The van der Waals surface area contributed by atoms with Gasteiger partial charge in [-0.05, 0) is 6.07 Å². The summed E-state index contributed by atoms with van der Waals surface area (Å²) in [6.45, 7) is 1.21. The van der Waals surface area contributed by atoms with Gasteiger partial charge in [0.15, 0.2) is 0 Å². The highest BCUT2D eigenvalue weighted by Gasteiger charge is 2.13. The molecule has 0 aliphatic rings. The molecule has 0 spiro atoms. The summed E-state index contributed by atoms with van der Waals surface area (Å²) >= 11 is 5.79. The largest absolute Gasteiger partial charge is 0.383 e. The van der Waals surface area contributed by atoms with Crippen LogP contribution < -0.4 is 5.32 Å². The summed E-state index contributed by atoms with van der Waals surface area (Å²) in [5.74, 6) is 1.18. The summed E-state index contributed by atoms with van der Waals surface area (Å²) in [6.07, 6.45) is 3.99. The lowest BCUT2D eigenvalue weighted by molar-refractivity contribution is -0.121. The van der Waals surface area contributed by atoms with Crippen molar-refractivity contribution in [3.05, 3.63) is 24.3 Å². The lowest BCUT2D eigenvalue weighted by Crippen LogP contribution is -2.30. The van der Waals surface area contributed by atoms with Crippen LogP contribution in [0.3, 0.4) is 0 Å². The van der Waals surface area contributed by atoms with Crippen molar-refractivity contribution >= 4 is 28.5 Å². The van der Waals surface area contributed by atoms with Gasteiger partial charge < -0.3 is 14.6 Å². The second kappa shape index (κ2) is 7.21. The van der Waals surface area contributed by atoms with Crippen LogP contribution in [0.15, 0.2) is 18.5 Å². The second-order valence-electron chi connectivity index (χ2n) is 4.26. The predicted molar refractivity (Wildman–Crippen MR) is 76.8 cm³/mol. The molecule has 0 atom stereocenters. The van der Waals surface area contributed by atoms with Crippen molar-refractivity contribution in [2.75, 3.05) is 26.1 Å². The van der Waals surface area contributed by atoms with Crippen LogP contribution >= 0.6 is 11.6 Å². The van der Waals surface area contributed by atoms with Gasteiger partial charge in [-0.15, -0.1) is 11.6 Å². The molecule has 0 fully saturated rings. The van der Waals surface area contributed by atoms with Crippen molar-refractivity contribution in [1.29, 1.82) is 0 Å². The van der Waals surface area contributed by atoms with Crippen LogP contribution in [0.1, 0.15) is 5.82 Å². The minimum atomic E-state index is -0.0750. The van der Waals surface area contributed by atoms with E-state index >= 15 is 0 Å². The maximum absolute atomic E-state index is 11.9. The van der Waals surface area contributed by atoms with E-state index in [9.17, 15) is 4.79 Å². The third-order valence-corrected chi connectivity index (χ3v) is 3.07. The Balaban J connectivity index is 2.18. The molecule has 0 bridgehead atoms. The summed E-state index contributed by atoms with van der Waals surface area (Å²) in [6, 6.07) is 1.85. The molecular weight excluding hydrogens is 280 g/mol.